The Morgan fingerprint density at radius 2 is 2.21 bits per heavy atom. The van der Waals surface area contributed by atoms with E-state index in [1.165, 1.54) is 5.56 Å². The lowest BCUT2D eigenvalue weighted by molar-refractivity contribution is 0.401. The quantitative estimate of drug-likeness (QED) is 0.751. The molecule has 0 saturated carbocycles. The Morgan fingerprint density at radius 3 is 2.86 bits per heavy atom. The van der Waals surface area contributed by atoms with Crippen LogP contribution in [0.5, 0.6) is 5.88 Å². The SMILES string of the molecule is COc1csc(-c2cccc(C)c2)n1. The summed E-state index contributed by atoms with van der Waals surface area (Å²) in [7, 11) is 1.63. The molecule has 1 aromatic heterocycles. The monoisotopic (exact) mass is 205 g/mol. The van der Waals surface area contributed by atoms with Gasteiger partial charge in [-0.1, -0.05) is 23.8 Å². The second-order valence-electron chi connectivity index (χ2n) is 3.06. The van der Waals surface area contributed by atoms with Crippen LogP contribution in [0.1, 0.15) is 5.56 Å². The Labute approximate surface area is 87.2 Å². The molecule has 1 aromatic carbocycles. The zero-order valence-corrected chi connectivity index (χ0v) is 8.97. The second-order valence-corrected chi connectivity index (χ2v) is 3.92. The highest BCUT2D eigenvalue weighted by atomic mass is 32.1. The molecular formula is C11H11NOS. The van der Waals surface area contributed by atoms with Gasteiger partial charge >= 0.3 is 0 Å². The molecule has 0 N–H and O–H groups in total. The van der Waals surface area contributed by atoms with E-state index in [2.05, 4.69) is 30.1 Å². The summed E-state index contributed by atoms with van der Waals surface area (Å²) in [5.74, 6) is 0.687. The Hall–Kier alpha value is -1.35. The van der Waals surface area contributed by atoms with Crippen molar-refractivity contribution < 1.29 is 4.74 Å². The lowest BCUT2D eigenvalue weighted by atomic mass is 10.1. The molecule has 0 saturated heterocycles. The van der Waals surface area contributed by atoms with Crippen LogP contribution >= 0.6 is 11.3 Å². The molecule has 0 bridgehead atoms. The first-order valence-electron chi connectivity index (χ1n) is 4.36. The molecule has 2 rings (SSSR count). The number of nitrogens with zero attached hydrogens (tertiary/aromatic N) is 1. The minimum Gasteiger partial charge on any atom is -0.480 e. The molecule has 72 valence electrons. The summed E-state index contributed by atoms with van der Waals surface area (Å²) in [5, 5.41) is 2.92. The zero-order valence-electron chi connectivity index (χ0n) is 8.15. The Morgan fingerprint density at radius 1 is 1.36 bits per heavy atom. The van der Waals surface area contributed by atoms with Gasteiger partial charge in [0.2, 0.25) is 5.88 Å². The van der Waals surface area contributed by atoms with E-state index >= 15 is 0 Å². The topological polar surface area (TPSA) is 22.1 Å². The van der Waals surface area contributed by atoms with Gasteiger partial charge in [0.25, 0.3) is 0 Å². The van der Waals surface area contributed by atoms with E-state index in [1.54, 1.807) is 18.4 Å². The number of hydrogen-bond acceptors (Lipinski definition) is 3. The maximum Gasteiger partial charge on any atom is 0.224 e. The van der Waals surface area contributed by atoms with Gasteiger partial charge in [-0.2, -0.15) is 0 Å². The predicted molar refractivity (Wildman–Crippen MR) is 58.8 cm³/mol. The van der Waals surface area contributed by atoms with Gasteiger partial charge in [-0.15, -0.1) is 11.3 Å². The van der Waals surface area contributed by atoms with E-state index in [0.29, 0.717) is 5.88 Å². The first-order valence-corrected chi connectivity index (χ1v) is 5.24. The molecule has 2 aromatic rings. The molecule has 3 heteroatoms. The van der Waals surface area contributed by atoms with Crippen LogP contribution in [-0.2, 0) is 0 Å². The summed E-state index contributed by atoms with van der Waals surface area (Å²) < 4.78 is 5.05. The summed E-state index contributed by atoms with van der Waals surface area (Å²) in [4.78, 5) is 4.34. The maximum absolute atomic E-state index is 5.05. The molecule has 0 amide bonds. The molecule has 1 heterocycles. The standard InChI is InChI=1S/C11H11NOS/c1-8-4-3-5-9(6-8)11-12-10(13-2)7-14-11/h3-7H,1-2H3. The Bertz CT molecular complexity index is 436. The van der Waals surface area contributed by atoms with Crippen LogP contribution in [0.3, 0.4) is 0 Å². The average molecular weight is 205 g/mol. The highest BCUT2D eigenvalue weighted by molar-refractivity contribution is 7.13. The van der Waals surface area contributed by atoms with Crippen molar-refractivity contribution in [2.24, 2.45) is 0 Å². The Balaban J connectivity index is 2.39. The number of thiazole rings is 1. The van der Waals surface area contributed by atoms with Crippen LogP contribution in [0.25, 0.3) is 10.6 Å². The van der Waals surface area contributed by atoms with Gasteiger partial charge in [-0.25, -0.2) is 4.98 Å². The third-order valence-corrected chi connectivity index (χ3v) is 2.83. The second kappa shape index (κ2) is 3.80. The van der Waals surface area contributed by atoms with Crippen molar-refractivity contribution in [2.75, 3.05) is 7.11 Å². The van der Waals surface area contributed by atoms with E-state index in [0.717, 1.165) is 10.6 Å². The zero-order chi connectivity index (χ0) is 9.97. The number of rotatable bonds is 2. The van der Waals surface area contributed by atoms with Crippen LogP contribution in [0.15, 0.2) is 29.6 Å². The molecule has 0 aliphatic rings. The summed E-state index contributed by atoms with van der Waals surface area (Å²) in [5.41, 5.74) is 2.40. The van der Waals surface area contributed by atoms with Gasteiger partial charge in [-0.05, 0) is 13.0 Å². The van der Waals surface area contributed by atoms with Crippen molar-refractivity contribution in [2.45, 2.75) is 6.92 Å². The predicted octanol–water partition coefficient (Wildman–Crippen LogP) is 3.13. The van der Waals surface area contributed by atoms with Crippen LogP contribution < -0.4 is 4.74 Å². The van der Waals surface area contributed by atoms with Gasteiger partial charge in [-0.3, -0.25) is 0 Å². The fraction of sp³-hybridized carbons (Fsp3) is 0.182. The minimum absolute atomic E-state index is 0.687. The molecule has 2 nitrogen and oxygen atoms in total. The van der Waals surface area contributed by atoms with Crippen molar-refractivity contribution in [3.05, 3.63) is 35.2 Å². The average Bonchev–Trinajstić information content (AvgIpc) is 2.66. The first kappa shape index (κ1) is 9.21. The van der Waals surface area contributed by atoms with Gasteiger partial charge < -0.3 is 4.74 Å². The molecule has 14 heavy (non-hydrogen) atoms. The summed E-state index contributed by atoms with van der Waals surface area (Å²) in [6.07, 6.45) is 0. The summed E-state index contributed by atoms with van der Waals surface area (Å²) >= 11 is 1.60. The van der Waals surface area contributed by atoms with Crippen LogP contribution in [0.4, 0.5) is 0 Å². The molecule has 0 radical (unpaired) electrons. The molecule has 0 aliphatic heterocycles. The Kier molecular flexibility index (Phi) is 2.50. The number of aryl methyl sites for hydroxylation is 1. The fourth-order valence-corrected chi connectivity index (χ4v) is 2.03. The van der Waals surface area contributed by atoms with Gasteiger partial charge in [0.05, 0.1) is 12.5 Å². The number of aromatic nitrogens is 1. The maximum atomic E-state index is 5.05. The van der Waals surface area contributed by atoms with Crippen molar-refractivity contribution in [3.8, 4) is 16.5 Å². The van der Waals surface area contributed by atoms with Crippen LogP contribution in [0, 0.1) is 6.92 Å². The van der Waals surface area contributed by atoms with Gasteiger partial charge in [0.15, 0.2) is 0 Å². The largest absolute Gasteiger partial charge is 0.480 e. The third-order valence-electron chi connectivity index (χ3n) is 1.96. The van der Waals surface area contributed by atoms with Crippen LogP contribution in [0.2, 0.25) is 0 Å². The molecule has 0 unspecified atom stereocenters. The number of ether oxygens (including phenoxy) is 1. The number of benzene rings is 1. The highest BCUT2D eigenvalue weighted by Gasteiger charge is 2.03. The third kappa shape index (κ3) is 1.77. The molecular weight excluding hydrogens is 194 g/mol. The highest BCUT2D eigenvalue weighted by Crippen LogP contribution is 2.27. The number of methoxy groups -OCH3 is 1. The van der Waals surface area contributed by atoms with Crippen LogP contribution in [-0.4, -0.2) is 12.1 Å². The van der Waals surface area contributed by atoms with E-state index in [9.17, 15) is 0 Å². The van der Waals surface area contributed by atoms with Gasteiger partial charge in [0, 0.05) is 5.56 Å². The lowest BCUT2D eigenvalue weighted by Crippen LogP contribution is -1.82. The summed E-state index contributed by atoms with van der Waals surface area (Å²) in [6, 6.07) is 8.30. The van der Waals surface area contributed by atoms with E-state index in [4.69, 9.17) is 4.74 Å². The van der Waals surface area contributed by atoms with Crippen molar-refractivity contribution in [1.29, 1.82) is 0 Å². The normalized spacial score (nSPS) is 10.1. The molecule has 0 atom stereocenters. The van der Waals surface area contributed by atoms with Crippen molar-refractivity contribution in [3.63, 3.8) is 0 Å². The molecule has 0 fully saturated rings. The summed E-state index contributed by atoms with van der Waals surface area (Å²) in [6.45, 7) is 2.08. The minimum atomic E-state index is 0.687. The smallest absolute Gasteiger partial charge is 0.224 e. The van der Waals surface area contributed by atoms with E-state index in [-0.39, 0.29) is 0 Å². The van der Waals surface area contributed by atoms with Gasteiger partial charge in [0.1, 0.15) is 5.01 Å². The van der Waals surface area contributed by atoms with Crippen molar-refractivity contribution >= 4 is 11.3 Å². The van der Waals surface area contributed by atoms with E-state index in [1.807, 2.05) is 11.4 Å². The number of hydrogen-bond donors (Lipinski definition) is 0. The molecule has 0 aliphatic carbocycles. The molecule has 0 spiro atoms. The first-order chi connectivity index (χ1) is 6.79. The fourth-order valence-electron chi connectivity index (χ4n) is 1.26. The lowest BCUT2D eigenvalue weighted by Gasteiger charge is -1.97. The van der Waals surface area contributed by atoms with Crippen molar-refractivity contribution in [1.82, 2.24) is 4.98 Å². The van der Waals surface area contributed by atoms with E-state index < -0.39 is 0 Å².